The molecule has 0 saturated heterocycles. The van der Waals surface area contributed by atoms with E-state index in [1.54, 1.807) is 0 Å². The van der Waals surface area contributed by atoms with Crippen LogP contribution in [-0.4, -0.2) is 9.97 Å². The Morgan fingerprint density at radius 1 is 0.452 bits per heavy atom. The third-order valence-electron chi connectivity index (χ3n) is 5.36. The van der Waals surface area contributed by atoms with Crippen LogP contribution < -0.4 is 0 Å². The lowest BCUT2D eigenvalue weighted by Crippen LogP contribution is -1.97. The van der Waals surface area contributed by atoms with E-state index in [0.29, 0.717) is 0 Å². The van der Waals surface area contributed by atoms with E-state index in [2.05, 4.69) is 79.7 Å². The van der Waals surface area contributed by atoms with E-state index in [4.69, 9.17) is 9.97 Å². The molecule has 5 aromatic rings. The summed E-state index contributed by atoms with van der Waals surface area (Å²) >= 11 is 0. The molecule has 0 atom stereocenters. The van der Waals surface area contributed by atoms with Crippen molar-refractivity contribution in [3.8, 4) is 45.0 Å². The maximum absolute atomic E-state index is 5.00. The fraction of sp³-hybridized carbons (Fsp3) is 0.0345. The average Bonchev–Trinajstić information content (AvgIpc) is 2.85. The lowest BCUT2D eigenvalue weighted by Gasteiger charge is -2.14. The Morgan fingerprint density at radius 2 is 1.00 bits per heavy atom. The summed E-state index contributed by atoms with van der Waals surface area (Å²) in [5, 5.41) is 0. The van der Waals surface area contributed by atoms with E-state index in [1.165, 1.54) is 16.7 Å². The molecule has 4 aromatic carbocycles. The number of aryl methyl sites for hydroxylation is 1. The molecule has 2 heteroatoms. The minimum Gasteiger partial charge on any atom is -0.228 e. The van der Waals surface area contributed by atoms with Gasteiger partial charge in [-0.2, -0.15) is 0 Å². The van der Waals surface area contributed by atoms with Gasteiger partial charge in [0.25, 0.3) is 0 Å². The predicted octanol–water partition coefficient (Wildman–Crippen LogP) is 7.45. The second-order valence-corrected chi connectivity index (χ2v) is 7.61. The first kappa shape index (κ1) is 19.0. The minimum atomic E-state index is 0.733. The molecular formula is C29H22N2. The van der Waals surface area contributed by atoms with E-state index in [-0.39, 0.29) is 0 Å². The van der Waals surface area contributed by atoms with Gasteiger partial charge in [0.15, 0.2) is 5.82 Å². The summed E-state index contributed by atoms with van der Waals surface area (Å²) in [5.74, 6) is 0.733. The fourth-order valence-electron chi connectivity index (χ4n) is 3.80. The second kappa shape index (κ2) is 8.37. The molecule has 0 aliphatic rings. The van der Waals surface area contributed by atoms with Crippen molar-refractivity contribution in [1.82, 2.24) is 9.97 Å². The van der Waals surface area contributed by atoms with Crippen LogP contribution in [0.25, 0.3) is 45.0 Å². The lowest BCUT2D eigenvalue weighted by atomic mass is 9.95. The van der Waals surface area contributed by atoms with Crippen molar-refractivity contribution in [3.63, 3.8) is 0 Å². The van der Waals surface area contributed by atoms with Gasteiger partial charge >= 0.3 is 0 Å². The molecule has 0 fully saturated rings. The van der Waals surface area contributed by atoms with Gasteiger partial charge in [-0.05, 0) is 24.1 Å². The Morgan fingerprint density at radius 3 is 1.65 bits per heavy atom. The Kier molecular flexibility index (Phi) is 5.12. The standard InChI is InChI=1S/C29H22N2/c1-21-17-18-25(26(19-21)22-11-5-2-6-12-22)28-20-27(23-13-7-3-8-14-23)30-29(31-28)24-15-9-4-10-16-24/h2-20H,1H3. The summed E-state index contributed by atoms with van der Waals surface area (Å²) in [4.78, 5) is 9.91. The SMILES string of the molecule is Cc1ccc(-c2cc(-c3ccccc3)nc(-c3ccccc3)n2)c(-c2ccccc2)c1. The van der Waals surface area contributed by atoms with Gasteiger partial charge in [-0.25, -0.2) is 9.97 Å². The Labute approximate surface area is 182 Å². The molecule has 2 nitrogen and oxygen atoms in total. The van der Waals surface area contributed by atoms with Crippen molar-refractivity contribution in [2.24, 2.45) is 0 Å². The van der Waals surface area contributed by atoms with Gasteiger partial charge in [0.1, 0.15) is 0 Å². The second-order valence-electron chi connectivity index (χ2n) is 7.61. The minimum absolute atomic E-state index is 0.733. The largest absolute Gasteiger partial charge is 0.228 e. The molecule has 0 bridgehead atoms. The normalized spacial score (nSPS) is 10.7. The van der Waals surface area contributed by atoms with Gasteiger partial charge in [0.05, 0.1) is 11.4 Å². The Bertz CT molecular complexity index is 1250. The summed E-state index contributed by atoms with van der Waals surface area (Å²) < 4.78 is 0. The van der Waals surface area contributed by atoms with Crippen LogP contribution in [0.1, 0.15) is 5.56 Å². The smallest absolute Gasteiger partial charge is 0.160 e. The van der Waals surface area contributed by atoms with Gasteiger partial charge < -0.3 is 0 Å². The highest BCUT2D eigenvalue weighted by Gasteiger charge is 2.14. The van der Waals surface area contributed by atoms with Crippen LogP contribution in [0.5, 0.6) is 0 Å². The number of aromatic nitrogens is 2. The zero-order valence-corrected chi connectivity index (χ0v) is 17.4. The first-order valence-corrected chi connectivity index (χ1v) is 10.4. The van der Waals surface area contributed by atoms with Crippen molar-refractivity contribution in [3.05, 3.63) is 121 Å². The number of nitrogens with zero attached hydrogens (tertiary/aromatic N) is 2. The Hall–Kier alpha value is -4.04. The van der Waals surface area contributed by atoms with Gasteiger partial charge in [-0.3, -0.25) is 0 Å². The molecule has 1 aromatic heterocycles. The Balaban J connectivity index is 1.75. The van der Waals surface area contributed by atoms with Crippen LogP contribution >= 0.6 is 0 Å². The van der Waals surface area contributed by atoms with E-state index >= 15 is 0 Å². The molecule has 0 unspecified atom stereocenters. The van der Waals surface area contributed by atoms with Gasteiger partial charge in [0.2, 0.25) is 0 Å². The zero-order valence-electron chi connectivity index (χ0n) is 17.4. The summed E-state index contributed by atoms with van der Waals surface area (Å²) in [6.07, 6.45) is 0. The quantitative estimate of drug-likeness (QED) is 0.314. The molecule has 0 amide bonds. The first-order valence-electron chi connectivity index (χ1n) is 10.4. The number of hydrogen-bond acceptors (Lipinski definition) is 2. The average molecular weight is 399 g/mol. The van der Waals surface area contributed by atoms with Crippen LogP contribution in [0.3, 0.4) is 0 Å². The molecule has 148 valence electrons. The van der Waals surface area contributed by atoms with Crippen molar-refractivity contribution >= 4 is 0 Å². The molecule has 0 radical (unpaired) electrons. The van der Waals surface area contributed by atoms with Crippen molar-refractivity contribution in [2.75, 3.05) is 0 Å². The van der Waals surface area contributed by atoms with Gasteiger partial charge in [-0.15, -0.1) is 0 Å². The summed E-state index contributed by atoms with van der Waals surface area (Å²) in [7, 11) is 0. The molecule has 5 rings (SSSR count). The van der Waals surface area contributed by atoms with Crippen molar-refractivity contribution < 1.29 is 0 Å². The molecule has 31 heavy (non-hydrogen) atoms. The highest BCUT2D eigenvalue weighted by molar-refractivity contribution is 5.84. The highest BCUT2D eigenvalue weighted by Crippen LogP contribution is 2.34. The molecule has 0 aliphatic heterocycles. The first-order chi connectivity index (χ1) is 15.3. The maximum atomic E-state index is 5.00. The number of hydrogen-bond donors (Lipinski definition) is 0. The molecule has 1 heterocycles. The lowest BCUT2D eigenvalue weighted by molar-refractivity contribution is 1.18. The third-order valence-corrected chi connectivity index (χ3v) is 5.36. The van der Waals surface area contributed by atoms with E-state index in [0.717, 1.165) is 33.9 Å². The van der Waals surface area contributed by atoms with Crippen LogP contribution in [0.4, 0.5) is 0 Å². The summed E-state index contributed by atoms with van der Waals surface area (Å²) in [5.41, 5.74) is 8.62. The van der Waals surface area contributed by atoms with Gasteiger partial charge in [-0.1, -0.05) is 115 Å². The highest BCUT2D eigenvalue weighted by atomic mass is 14.9. The van der Waals surface area contributed by atoms with Gasteiger partial charge in [0, 0.05) is 16.7 Å². The molecule has 0 N–H and O–H groups in total. The van der Waals surface area contributed by atoms with E-state index < -0.39 is 0 Å². The number of benzene rings is 4. The van der Waals surface area contributed by atoms with Crippen molar-refractivity contribution in [1.29, 1.82) is 0 Å². The van der Waals surface area contributed by atoms with Crippen LogP contribution in [-0.2, 0) is 0 Å². The maximum Gasteiger partial charge on any atom is 0.160 e. The zero-order chi connectivity index (χ0) is 21.0. The van der Waals surface area contributed by atoms with Crippen LogP contribution in [0, 0.1) is 6.92 Å². The summed E-state index contributed by atoms with van der Waals surface area (Å²) in [6, 6.07) is 39.6. The third kappa shape index (κ3) is 4.01. The predicted molar refractivity (Wildman–Crippen MR) is 129 cm³/mol. The molecule has 0 aliphatic carbocycles. The van der Waals surface area contributed by atoms with Crippen LogP contribution in [0.2, 0.25) is 0 Å². The topological polar surface area (TPSA) is 25.8 Å². The fourth-order valence-corrected chi connectivity index (χ4v) is 3.80. The van der Waals surface area contributed by atoms with Crippen molar-refractivity contribution in [2.45, 2.75) is 6.92 Å². The monoisotopic (exact) mass is 398 g/mol. The molecule has 0 saturated carbocycles. The van der Waals surface area contributed by atoms with E-state index in [9.17, 15) is 0 Å². The summed E-state index contributed by atoms with van der Waals surface area (Å²) in [6.45, 7) is 2.13. The number of rotatable bonds is 4. The molecular weight excluding hydrogens is 376 g/mol. The van der Waals surface area contributed by atoms with E-state index in [1.807, 2.05) is 42.5 Å². The van der Waals surface area contributed by atoms with Crippen LogP contribution in [0.15, 0.2) is 115 Å². The molecule has 0 spiro atoms.